The average Bonchev–Trinajstić information content (AvgIpc) is 3.05. The molecule has 18 heavy (non-hydrogen) atoms. The van der Waals surface area contributed by atoms with Gasteiger partial charge < -0.3 is 9.84 Å². The molecule has 2 heterocycles. The number of aliphatic hydroxyl groups excluding tert-OH is 1. The van der Waals surface area contributed by atoms with Crippen LogP contribution in [-0.4, -0.2) is 29.3 Å². The smallest absolute Gasteiger partial charge is 0.122 e. The molecule has 3 rings (SSSR count). The van der Waals surface area contributed by atoms with Crippen molar-refractivity contribution in [2.24, 2.45) is 5.92 Å². The van der Waals surface area contributed by atoms with Crippen molar-refractivity contribution in [2.75, 3.05) is 18.1 Å². The standard InChI is InChI=1S/C15H20O2S/c16-14(13-6-8-18-10-13)3-1-11-2-4-15-12(9-11)5-7-17-15/h2,4,9,13-14,16H,1,3,5-8,10H2. The molecule has 2 aliphatic heterocycles. The molecular weight excluding hydrogens is 244 g/mol. The van der Waals surface area contributed by atoms with Crippen molar-refractivity contribution in [1.82, 2.24) is 0 Å². The fourth-order valence-electron chi connectivity index (χ4n) is 2.80. The van der Waals surface area contributed by atoms with Crippen molar-refractivity contribution in [3.05, 3.63) is 29.3 Å². The zero-order chi connectivity index (χ0) is 12.4. The van der Waals surface area contributed by atoms with Gasteiger partial charge in [-0.3, -0.25) is 0 Å². The van der Waals surface area contributed by atoms with Crippen LogP contribution in [-0.2, 0) is 12.8 Å². The van der Waals surface area contributed by atoms with Gasteiger partial charge in [-0.1, -0.05) is 12.1 Å². The van der Waals surface area contributed by atoms with Crippen molar-refractivity contribution in [2.45, 2.75) is 31.8 Å². The molecule has 0 amide bonds. The number of ether oxygens (including phenoxy) is 1. The molecule has 1 N–H and O–H groups in total. The van der Waals surface area contributed by atoms with Gasteiger partial charge in [0.1, 0.15) is 5.75 Å². The molecule has 2 aliphatic rings. The summed E-state index contributed by atoms with van der Waals surface area (Å²) >= 11 is 1.97. The Bertz CT molecular complexity index is 413. The third-order valence-corrected chi connectivity index (χ3v) is 5.18. The van der Waals surface area contributed by atoms with E-state index in [9.17, 15) is 5.11 Å². The highest BCUT2D eigenvalue weighted by atomic mass is 32.2. The van der Waals surface area contributed by atoms with Crippen molar-refractivity contribution in [1.29, 1.82) is 0 Å². The highest BCUT2D eigenvalue weighted by molar-refractivity contribution is 7.99. The van der Waals surface area contributed by atoms with E-state index in [-0.39, 0.29) is 6.10 Å². The molecule has 1 aromatic rings. The number of fused-ring (bicyclic) bond motifs is 1. The molecule has 2 atom stereocenters. The largest absolute Gasteiger partial charge is 0.493 e. The number of benzene rings is 1. The zero-order valence-electron chi connectivity index (χ0n) is 10.6. The molecule has 1 saturated heterocycles. The molecule has 1 fully saturated rings. The Kier molecular flexibility index (Phi) is 3.80. The summed E-state index contributed by atoms with van der Waals surface area (Å²) in [5, 5.41) is 10.2. The lowest BCUT2D eigenvalue weighted by molar-refractivity contribution is 0.111. The van der Waals surface area contributed by atoms with E-state index in [4.69, 9.17) is 4.74 Å². The van der Waals surface area contributed by atoms with Crippen molar-refractivity contribution >= 4 is 11.8 Å². The van der Waals surface area contributed by atoms with Crippen LogP contribution in [0.3, 0.4) is 0 Å². The van der Waals surface area contributed by atoms with Gasteiger partial charge in [-0.2, -0.15) is 11.8 Å². The maximum Gasteiger partial charge on any atom is 0.122 e. The molecule has 98 valence electrons. The molecular formula is C15H20O2S. The second-order valence-electron chi connectivity index (χ2n) is 5.27. The third-order valence-electron chi connectivity index (χ3n) is 3.99. The normalized spacial score (nSPS) is 23.7. The van der Waals surface area contributed by atoms with E-state index < -0.39 is 0 Å². The van der Waals surface area contributed by atoms with Gasteiger partial charge in [0, 0.05) is 6.42 Å². The molecule has 2 nitrogen and oxygen atoms in total. The Morgan fingerprint density at radius 3 is 3.22 bits per heavy atom. The number of aryl methyl sites for hydroxylation is 1. The molecule has 0 aromatic heterocycles. The average molecular weight is 264 g/mol. The van der Waals surface area contributed by atoms with Gasteiger partial charge >= 0.3 is 0 Å². The first-order valence-corrected chi connectivity index (χ1v) is 7.99. The number of thioether (sulfide) groups is 1. The zero-order valence-corrected chi connectivity index (χ0v) is 11.4. The van der Waals surface area contributed by atoms with Gasteiger partial charge in [0.05, 0.1) is 12.7 Å². The summed E-state index contributed by atoms with van der Waals surface area (Å²) in [5.41, 5.74) is 2.67. The van der Waals surface area contributed by atoms with Gasteiger partial charge in [-0.05, 0) is 53.9 Å². The minimum absolute atomic E-state index is 0.121. The first-order valence-electron chi connectivity index (χ1n) is 6.83. The molecule has 0 spiro atoms. The molecule has 0 radical (unpaired) electrons. The monoisotopic (exact) mass is 264 g/mol. The van der Waals surface area contributed by atoms with Crippen LogP contribution in [0.5, 0.6) is 5.75 Å². The van der Waals surface area contributed by atoms with Gasteiger partial charge in [-0.15, -0.1) is 0 Å². The Morgan fingerprint density at radius 1 is 1.44 bits per heavy atom. The minimum Gasteiger partial charge on any atom is -0.493 e. The Labute approximate surface area is 113 Å². The van der Waals surface area contributed by atoms with E-state index in [2.05, 4.69) is 18.2 Å². The fraction of sp³-hybridized carbons (Fsp3) is 0.600. The molecule has 0 aliphatic carbocycles. The number of aliphatic hydroxyl groups is 1. The summed E-state index contributed by atoms with van der Waals surface area (Å²) < 4.78 is 5.51. The maximum atomic E-state index is 10.2. The SMILES string of the molecule is OC(CCc1ccc2c(c1)CCO2)C1CCSC1. The molecule has 0 bridgehead atoms. The number of hydrogen-bond acceptors (Lipinski definition) is 3. The van der Waals surface area contributed by atoms with E-state index >= 15 is 0 Å². The summed E-state index contributed by atoms with van der Waals surface area (Å²) in [6.07, 6.45) is 3.97. The van der Waals surface area contributed by atoms with Gasteiger partial charge in [0.25, 0.3) is 0 Å². The quantitative estimate of drug-likeness (QED) is 0.906. The fourth-order valence-corrected chi connectivity index (χ4v) is 4.13. The molecule has 1 aromatic carbocycles. The summed E-state index contributed by atoms with van der Waals surface area (Å²) in [4.78, 5) is 0. The highest BCUT2D eigenvalue weighted by Crippen LogP contribution is 2.29. The molecule has 2 unspecified atom stereocenters. The van der Waals surface area contributed by atoms with Crippen LogP contribution in [0, 0.1) is 5.92 Å². The van der Waals surface area contributed by atoms with Crippen LogP contribution in [0.4, 0.5) is 0 Å². The van der Waals surface area contributed by atoms with Gasteiger partial charge in [0.2, 0.25) is 0 Å². The summed E-state index contributed by atoms with van der Waals surface area (Å²) in [6.45, 7) is 0.820. The van der Waals surface area contributed by atoms with Crippen LogP contribution in [0.2, 0.25) is 0 Å². The second kappa shape index (κ2) is 5.54. The Morgan fingerprint density at radius 2 is 2.39 bits per heavy atom. The summed E-state index contributed by atoms with van der Waals surface area (Å²) in [7, 11) is 0. The second-order valence-corrected chi connectivity index (χ2v) is 6.42. The van der Waals surface area contributed by atoms with Crippen LogP contribution in [0.15, 0.2) is 18.2 Å². The van der Waals surface area contributed by atoms with Gasteiger partial charge in [0.15, 0.2) is 0 Å². The van der Waals surface area contributed by atoms with Crippen molar-refractivity contribution in [3.8, 4) is 5.75 Å². The third kappa shape index (κ3) is 2.67. The highest BCUT2D eigenvalue weighted by Gasteiger charge is 2.23. The van der Waals surface area contributed by atoms with E-state index in [0.717, 1.165) is 37.4 Å². The molecule has 3 heteroatoms. The van der Waals surface area contributed by atoms with Crippen LogP contribution < -0.4 is 4.74 Å². The molecule has 0 saturated carbocycles. The number of rotatable bonds is 4. The maximum absolute atomic E-state index is 10.2. The van der Waals surface area contributed by atoms with Crippen molar-refractivity contribution < 1.29 is 9.84 Å². The number of hydrogen-bond donors (Lipinski definition) is 1. The Balaban J connectivity index is 1.56. The summed E-state index contributed by atoms with van der Waals surface area (Å²) in [5.74, 6) is 3.93. The Hall–Kier alpha value is -0.670. The van der Waals surface area contributed by atoms with Crippen LogP contribution >= 0.6 is 11.8 Å². The van der Waals surface area contributed by atoms with Crippen LogP contribution in [0.25, 0.3) is 0 Å². The topological polar surface area (TPSA) is 29.5 Å². The lowest BCUT2D eigenvalue weighted by Crippen LogP contribution is -2.20. The van der Waals surface area contributed by atoms with E-state index in [1.54, 1.807) is 0 Å². The lowest BCUT2D eigenvalue weighted by atomic mass is 9.95. The van der Waals surface area contributed by atoms with Crippen molar-refractivity contribution in [3.63, 3.8) is 0 Å². The van der Waals surface area contributed by atoms with Gasteiger partial charge in [-0.25, -0.2) is 0 Å². The van der Waals surface area contributed by atoms with E-state index in [1.165, 1.54) is 23.3 Å². The first kappa shape index (κ1) is 12.4. The minimum atomic E-state index is -0.121. The predicted octanol–water partition coefficient (Wildman–Crippen LogP) is 2.67. The predicted molar refractivity (Wildman–Crippen MR) is 75.4 cm³/mol. The lowest BCUT2D eigenvalue weighted by Gasteiger charge is -2.16. The summed E-state index contributed by atoms with van der Waals surface area (Å²) in [6, 6.07) is 6.47. The van der Waals surface area contributed by atoms with E-state index in [0.29, 0.717) is 5.92 Å². The van der Waals surface area contributed by atoms with Crippen LogP contribution in [0.1, 0.15) is 24.0 Å². The van der Waals surface area contributed by atoms with E-state index in [1.807, 2.05) is 11.8 Å². The first-order chi connectivity index (χ1) is 8.83.